The van der Waals surface area contributed by atoms with Gasteiger partial charge in [-0.05, 0) is 126 Å². The third kappa shape index (κ3) is 4.81. The van der Waals surface area contributed by atoms with Crippen LogP contribution in [0.3, 0.4) is 0 Å². The van der Waals surface area contributed by atoms with Gasteiger partial charge >= 0.3 is 0 Å². The Morgan fingerprint density at radius 3 is 1.79 bits per heavy atom. The molecule has 0 aliphatic heterocycles. The maximum Gasteiger partial charge on any atom is 0.0476 e. The molecule has 1 nitrogen and oxygen atoms in total. The van der Waals surface area contributed by atoms with Crippen LogP contribution in [0.1, 0.15) is 25.0 Å². The lowest BCUT2D eigenvalue weighted by atomic mass is 9.81. The van der Waals surface area contributed by atoms with Gasteiger partial charge in [0.1, 0.15) is 0 Å². The van der Waals surface area contributed by atoms with Crippen LogP contribution in [0.15, 0.2) is 188 Å². The van der Waals surface area contributed by atoms with Gasteiger partial charge < -0.3 is 4.90 Å². The lowest BCUT2D eigenvalue weighted by Crippen LogP contribution is -2.15. The van der Waals surface area contributed by atoms with E-state index >= 15 is 0 Å². The van der Waals surface area contributed by atoms with Gasteiger partial charge in [0.05, 0.1) is 0 Å². The molecule has 0 fully saturated rings. The number of fused-ring (bicyclic) bond motifs is 9. The summed E-state index contributed by atoms with van der Waals surface area (Å²) in [7, 11) is 0. The molecule has 0 atom stereocenters. The van der Waals surface area contributed by atoms with Gasteiger partial charge in [-0.2, -0.15) is 0 Å². The predicted molar refractivity (Wildman–Crippen MR) is 244 cm³/mol. The average Bonchev–Trinajstić information content (AvgIpc) is 3.87. The molecule has 1 aromatic heterocycles. The third-order valence-electron chi connectivity index (χ3n) is 12.6. The lowest BCUT2D eigenvalue weighted by molar-refractivity contribution is 0.660. The molecule has 0 amide bonds. The highest BCUT2D eigenvalue weighted by atomic mass is 32.1. The maximum atomic E-state index is 2.47. The van der Waals surface area contributed by atoms with E-state index in [1.807, 2.05) is 11.3 Å². The molecule has 57 heavy (non-hydrogen) atoms. The van der Waals surface area contributed by atoms with Crippen LogP contribution >= 0.6 is 11.3 Å². The third-order valence-corrected chi connectivity index (χ3v) is 13.8. The van der Waals surface area contributed by atoms with Crippen molar-refractivity contribution in [2.24, 2.45) is 0 Å². The number of anilines is 3. The topological polar surface area (TPSA) is 3.24 Å². The van der Waals surface area contributed by atoms with Gasteiger partial charge in [-0.25, -0.2) is 0 Å². The van der Waals surface area contributed by atoms with Crippen molar-refractivity contribution in [3.05, 3.63) is 199 Å². The van der Waals surface area contributed by atoms with Gasteiger partial charge in [0, 0.05) is 42.6 Å². The number of hydrogen-bond acceptors (Lipinski definition) is 2. The number of hydrogen-bond donors (Lipinski definition) is 0. The average molecular weight is 744 g/mol. The molecule has 1 heterocycles. The van der Waals surface area contributed by atoms with E-state index in [-0.39, 0.29) is 5.41 Å². The highest BCUT2D eigenvalue weighted by molar-refractivity contribution is 7.25. The van der Waals surface area contributed by atoms with Crippen LogP contribution in [-0.2, 0) is 5.41 Å². The lowest BCUT2D eigenvalue weighted by Gasteiger charge is -2.27. The molecule has 0 spiro atoms. The fourth-order valence-electron chi connectivity index (χ4n) is 9.84. The summed E-state index contributed by atoms with van der Waals surface area (Å²) in [5.41, 5.74) is 19.0. The summed E-state index contributed by atoms with van der Waals surface area (Å²) >= 11 is 1.87. The molecule has 2 aliphatic rings. The quantitative estimate of drug-likeness (QED) is 0.170. The summed E-state index contributed by atoms with van der Waals surface area (Å²) in [6.07, 6.45) is 0. The van der Waals surface area contributed by atoms with Gasteiger partial charge in [-0.1, -0.05) is 153 Å². The second-order valence-electron chi connectivity index (χ2n) is 16.1. The van der Waals surface area contributed by atoms with Gasteiger partial charge in [0.25, 0.3) is 0 Å². The van der Waals surface area contributed by atoms with Crippen molar-refractivity contribution in [2.75, 3.05) is 4.90 Å². The van der Waals surface area contributed by atoms with Crippen molar-refractivity contribution in [2.45, 2.75) is 19.3 Å². The standard InChI is InChI=1S/C55H37NS/c1-55(2)50-30-25-38(32-49(50)43-26-21-36(31-51(43)55)40-28-29-48-42-14-7-6-13-41(42)47-17-10-16-46(40)54(47)48)56(37-22-19-35(20-23-37)34-11-4-3-5-12-34)39-24-27-45-44-15-8-9-18-52(44)57-53(45)33-39/h3-33H,1-2H3. The maximum absolute atomic E-state index is 2.47. The molecule has 0 N–H and O–H groups in total. The zero-order chi connectivity index (χ0) is 37.8. The number of benzene rings is 9. The Morgan fingerprint density at radius 2 is 0.947 bits per heavy atom. The van der Waals surface area contributed by atoms with Gasteiger partial charge in [-0.3, -0.25) is 0 Å². The minimum Gasteiger partial charge on any atom is -0.310 e. The molecule has 2 aliphatic carbocycles. The van der Waals surface area contributed by atoms with E-state index in [1.165, 1.54) is 97.7 Å². The first-order chi connectivity index (χ1) is 28.0. The Labute approximate surface area is 336 Å². The molecule has 0 saturated heterocycles. The Hall–Kier alpha value is -6.74. The fourth-order valence-corrected chi connectivity index (χ4v) is 11.0. The highest BCUT2D eigenvalue weighted by Crippen LogP contribution is 2.54. The van der Waals surface area contributed by atoms with Crippen molar-refractivity contribution < 1.29 is 0 Å². The highest BCUT2D eigenvalue weighted by Gasteiger charge is 2.36. The number of nitrogens with zero attached hydrogens (tertiary/aromatic N) is 1. The molecule has 2 heteroatoms. The van der Waals surface area contributed by atoms with Gasteiger partial charge in [0.15, 0.2) is 0 Å². The van der Waals surface area contributed by atoms with E-state index < -0.39 is 0 Å². The fraction of sp³-hybridized carbons (Fsp3) is 0.0545. The van der Waals surface area contributed by atoms with Crippen molar-refractivity contribution >= 4 is 59.3 Å². The zero-order valence-electron chi connectivity index (χ0n) is 31.8. The van der Waals surface area contributed by atoms with E-state index in [0.29, 0.717) is 0 Å². The van der Waals surface area contributed by atoms with Crippen molar-refractivity contribution in [3.63, 3.8) is 0 Å². The van der Waals surface area contributed by atoms with Crippen LogP contribution in [0.25, 0.3) is 86.6 Å². The van der Waals surface area contributed by atoms with E-state index in [0.717, 1.165) is 17.1 Å². The smallest absolute Gasteiger partial charge is 0.0476 e. The molecule has 12 rings (SSSR count). The molecule has 0 unspecified atom stereocenters. The molecule has 0 saturated carbocycles. The molecular formula is C55H37NS. The Morgan fingerprint density at radius 1 is 0.351 bits per heavy atom. The van der Waals surface area contributed by atoms with Gasteiger partial charge in [-0.15, -0.1) is 11.3 Å². The van der Waals surface area contributed by atoms with Crippen molar-refractivity contribution in [3.8, 4) is 55.6 Å². The van der Waals surface area contributed by atoms with E-state index in [4.69, 9.17) is 0 Å². The Bertz CT molecular complexity index is 3230. The molecule has 10 aromatic rings. The number of thiophene rings is 1. The Balaban J connectivity index is 0.989. The normalized spacial score (nSPS) is 13.2. The molecular weight excluding hydrogens is 707 g/mol. The van der Waals surface area contributed by atoms with Crippen molar-refractivity contribution in [1.82, 2.24) is 0 Å². The van der Waals surface area contributed by atoms with Crippen LogP contribution in [0.2, 0.25) is 0 Å². The predicted octanol–water partition coefficient (Wildman–Crippen LogP) is 16.0. The van der Waals surface area contributed by atoms with Crippen LogP contribution in [0.4, 0.5) is 17.1 Å². The van der Waals surface area contributed by atoms with Crippen LogP contribution in [-0.4, -0.2) is 0 Å². The summed E-state index contributed by atoms with van der Waals surface area (Å²) in [5, 5.41) is 5.32. The summed E-state index contributed by atoms with van der Waals surface area (Å²) in [5.74, 6) is 0. The second-order valence-corrected chi connectivity index (χ2v) is 17.2. The zero-order valence-corrected chi connectivity index (χ0v) is 32.6. The van der Waals surface area contributed by atoms with Crippen LogP contribution in [0.5, 0.6) is 0 Å². The van der Waals surface area contributed by atoms with Crippen LogP contribution < -0.4 is 4.90 Å². The van der Waals surface area contributed by atoms with Crippen molar-refractivity contribution in [1.29, 1.82) is 0 Å². The van der Waals surface area contributed by atoms with E-state index in [2.05, 4.69) is 207 Å². The molecule has 268 valence electrons. The van der Waals surface area contributed by atoms with E-state index in [1.54, 1.807) is 0 Å². The van der Waals surface area contributed by atoms with E-state index in [9.17, 15) is 0 Å². The summed E-state index contributed by atoms with van der Waals surface area (Å²) in [6.45, 7) is 4.78. The minimum atomic E-state index is -0.150. The first-order valence-corrected chi connectivity index (χ1v) is 20.7. The number of rotatable bonds is 5. The second kappa shape index (κ2) is 12.1. The van der Waals surface area contributed by atoms with Gasteiger partial charge in [0.2, 0.25) is 0 Å². The summed E-state index contributed by atoms with van der Waals surface area (Å²) in [6, 6.07) is 70.0. The van der Waals surface area contributed by atoms with Crippen LogP contribution in [0, 0.1) is 0 Å². The molecule has 0 radical (unpaired) electrons. The molecule has 0 bridgehead atoms. The SMILES string of the molecule is CC1(C)c2ccc(N(c3ccc(-c4ccccc4)cc3)c3ccc4c(c3)sc3ccccc34)cc2-c2ccc(-c3ccc4c5c(cccc35)-c3ccccc3-4)cc21. The monoisotopic (exact) mass is 743 g/mol. The Kier molecular flexibility index (Phi) is 6.91. The minimum absolute atomic E-state index is 0.150. The molecule has 9 aromatic carbocycles. The first-order valence-electron chi connectivity index (χ1n) is 19.8. The largest absolute Gasteiger partial charge is 0.310 e. The summed E-state index contributed by atoms with van der Waals surface area (Å²) < 4.78 is 2.62. The summed E-state index contributed by atoms with van der Waals surface area (Å²) in [4.78, 5) is 2.43. The first kappa shape index (κ1) is 32.5.